The molecule has 0 amide bonds. The molecule has 1 fully saturated rings. The van der Waals surface area contributed by atoms with Crippen LogP contribution in [0.2, 0.25) is 0 Å². The highest BCUT2D eigenvalue weighted by atomic mass is 14.9. The zero-order valence-electron chi connectivity index (χ0n) is 7.31. The molecular formula is C10H19N. The summed E-state index contributed by atoms with van der Waals surface area (Å²) in [5, 5.41) is 3.47. The predicted molar refractivity (Wildman–Crippen MR) is 49.6 cm³/mol. The third-order valence-electron chi connectivity index (χ3n) is 2.43. The van der Waals surface area contributed by atoms with Crippen LogP contribution in [0.25, 0.3) is 0 Å². The van der Waals surface area contributed by atoms with Gasteiger partial charge >= 0.3 is 0 Å². The van der Waals surface area contributed by atoms with E-state index in [1.54, 1.807) is 0 Å². The second-order valence-corrected chi connectivity index (χ2v) is 3.43. The molecule has 1 rings (SSSR count). The van der Waals surface area contributed by atoms with Crippen molar-refractivity contribution in [1.82, 2.24) is 5.32 Å². The van der Waals surface area contributed by atoms with Gasteiger partial charge in [0.1, 0.15) is 0 Å². The van der Waals surface area contributed by atoms with Gasteiger partial charge in [-0.15, -0.1) is 6.58 Å². The van der Waals surface area contributed by atoms with Crippen LogP contribution in [0.3, 0.4) is 0 Å². The number of allylic oxidation sites excluding steroid dienone is 1. The Balaban J connectivity index is 2.14. The van der Waals surface area contributed by atoms with E-state index in [2.05, 4.69) is 11.9 Å². The molecule has 0 spiro atoms. The molecule has 1 heteroatoms. The van der Waals surface area contributed by atoms with E-state index in [0.29, 0.717) is 0 Å². The maximum Gasteiger partial charge on any atom is -0.00204 e. The summed E-state index contributed by atoms with van der Waals surface area (Å²) in [6, 6.07) is 0. The van der Waals surface area contributed by atoms with E-state index in [0.717, 1.165) is 5.92 Å². The van der Waals surface area contributed by atoms with Crippen LogP contribution in [-0.4, -0.2) is 13.1 Å². The quantitative estimate of drug-likeness (QED) is 0.614. The van der Waals surface area contributed by atoms with Gasteiger partial charge in [-0.25, -0.2) is 0 Å². The molecule has 0 aromatic heterocycles. The molecule has 0 aromatic rings. The smallest absolute Gasteiger partial charge is 0.00204 e. The summed E-state index contributed by atoms with van der Waals surface area (Å²) in [5.41, 5.74) is 0. The highest BCUT2D eigenvalue weighted by Crippen LogP contribution is 2.16. The standard InChI is InChI=1S/C10H19N/c1-2-3-6-10-7-4-5-8-11-9-10/h2,10-11H,1,3-9H2. The molecule has 64 valence electrons. The normalized spacial score (nSPS) is 26.0. The van der Waals surface area contributed by atoms with Crippen LogP contribution in [0.5, 0.6) is 0 Å². The zero-order chi connectivity index (χ0) is 7.94. The molecule has 1 heterocycles. The second kappa shape index (κ2) is 5.36. The first-order chi connectivity index (χ1) is 5.43. The lowest BCUT2D eigenvalue weighted by atomic mass is 9.98. The molecular weight excluding hydrogens is 134 g/mol. The highest BCUT2D eigenvalue weighted by molar-refractivity contribution is 4.73. The summed E-state index contributed by atoms with van der Waals surface area (Å²) in [6.45, 7) is 6.20. The first-order valence-electron chi connectivity index (χ1n) is 4.75. The summed E-state index contributed by atoms with van der Waals surface area (Å²) in [6.07, 6.45) is 8.74. The molecule has 1 nitrogen and oxygen atoms in total. The predicted octanol–water partition coefficient (Wildman–Crippen LogP) is 2.34. The largest absolute Gasteiger partial charge is 0.316 e. The van der Waals surface area contributed by atoms with Crippen LogP contribution < -0.4 is 5.32 Å². The molecule has 0 aromatic carbocycles. The SMILES string of the molecule is C=CCCC1CCCCNC1. The van der Waals surface area contributed by atoms with E-state index in [-0.39, 0.29) is 0 Å². The van der Waals surface area contributed by atoms with E-state index in [1.807, 2.05) is 6.08 Å². The highest BCUT2D eigenvalue weighted by Gasteiger charge is 2.09. The molecule has 1 aliphatic heterocycles. The number of nitrogens with one attached hydrogen (secondary N) is 1. The van der Waals surface area contributed by atoms with Crippen molar-refractivity contribution in [1.29, 1.82) is 0 Å². The maximum absolute atomic E-state index is 3.75. The van der Waals surface area contributed by atoms with Crippen LogP contribution in [0.1, 0.15) is 32.1 Å². The third kappa shape index (κ3) is 3.57. The Morgan fingerprint density at radius 2 is 2.36 bits per heavy atom. The molecule has 0 saturated carbocycles. The van der Waals surface area contributed by atoms with Gasteiger partial charge < -0.3 is 5.32 Å². The van der Waals surface area contributed by atoms with E-state index < -0.39 is 0 Å². The molecule has 0 bridgehead atoms. The van der Waals surface area contributed by atoms with E-state index in [1.165, 1.54) is 45.2 Å². The molecule has 0 aliphatic carbocycles. The lowest BCUT2D eigenvalue weighted by molar-refractivity contribution is 0.450. The minimum Gasteiger partial charge on any atom is -0.316 e. The van der Waals surface area contributed by atoms with Crippen LogP contribution in [0.4, 0.5) is 0 Å². The van der Waals surface area contributed by atoms with Crippen molar-refractivity contribution in [2.24, 2.45) is 5.92 Å². The van der Waals surface area contributed by atoms with Gasteiger partial charge in [0.25, 0.3) is 0 Å². The van der Waals surface area contributed by atoms with Crippen molar-refractivity contribution < 1.29 is 0 Å². The van der Waals surface area contributed by atoms with Crippen molar-refractivity contribution in [3.63, 3.8) is 0 Å². The maximum atomic E-state index is 3.75. The number of rotatable bonds is 3. The van der Waals surface area contributed by atoms with Crippen LogP contribution in [0.15, 0.2) is 12.7 Å². The van der Waals surface area contributed by atoms with Gasteiger partial charge in [0, 0.05) is 0 Å². The van der Waals surface area contributed by atoms with Gasteiger partial charge in [-0.3, -0.25) is 0 Å². The van der Waals surface area contributed by atoms with Crippen molar-refractivity contribution >= 4 is 0 Å². The van der Waals surface area contributed by atoms with Crippen LogP contribution >= 0.6 is 0 Å². The first kappa shape index (κ1) is 8.79. The summed E-state index contributed by atoms with van der Waals surface area (Å²) >= 11 is 0. The Morgan fingerprint density at radius 3 is 3.18 bits per heavy atom. The van der Waals surface area contributed by atoms with Gasteiger partial charge in [0.2, 0.25) is 0 Å². The van der Waals surface area contributed by atoms with E-state index >= 15 is 0 Å². The minimum absolute atomic E-state index is 0.912. The Kier molecular flexibility index (Phi) is 4.29. The topological polar surface area (TPSA) is 12.0 Å². The third-order valence-corrected chi connectivity index (χ3v) is 2.43. The number of hydrogen-bond acceptors (Lipinski definition) is 1. The second-order valence-electron chi connectivity index (χ2n) is 3.43. The fourth-order valence-electron chi connectivity index (χ4n) is 1.69. The van der Waals surface area contributed by atoms with Gasteiger partial charge in [-0.2, -0.15) is 0 Å². The average Bonchev–Trinajstić information content (AvgIpc) is 2.28. The molecule has 1 saturated heterocycles. The molecule has 0 radical (unpaired) electrons. The van der Waals surface area contributed by atoms with Gasteiger partial charge in [-0.05, 0) is 44.7 Å². The fourth-order valence-corrected chi connectivity index (χ4v) is 1.69. The molecule has 1 atom stereocenters. The number of hydrogen-bond donors (Lipinski definition) is 1. The van der Waals surface area contributed by atoms with Gasteiger partial charge in [0.05, 0.1) is 0 Å². The lowest BCUT2D eigenvalue weighted by Crippen LogP contribution is -2.20. The summed E-state index contributed by atoms with van der Waals surface area (Å²) in [4.78, 5) is 0. The van der Waals surface area contributed by atoms with E-state index in [9.17, 15) is 0 Å². The summed E-state index contributed by atoms with van der Waals surface area (Å²) < 4.78 is 0. The Hall–Kier alpha value is -0.300. The Labute approximate surface area is 69.9 Å². The zero-order valence-corrected chi connectivity index (χ0v) is 7.31. The van der Waals surface area contributed by atoms with Gasteiger partial charge in [0.15, 0.2) is 0 Å². The lowest BCUT2D eigenvalue weighted by Gasteiger charge is -2.11. The van der Waals surface area contributed by atoms with Gasteiger partial charge in [-0.1, -0.05) is 12.5 Å². The van der Waals surface area contributed by atoms with Crippen LogP contribution in [-0.2, 0) is 0 Å². The average molecular weight is 153 g/mol. The molecule has 1 N–H and O–H groups in total. The van der Waals surface area contributed by atoms with E-state index in [4.69, 9.17) is 0 Å². The molecule has 11 heavy (non-hydrogen) atoms. The summed E-state index contributed by atoms with van der Waals surface area (Å²) in [5.74, 6) is 0.912. The van der Waals surface area contributed by atoms with Crippen molar-refractivity contribution in [2.75, 3.05) is 13.1 Å². The Bertz CT molecular complexity index is 101. The fraction of sp³-hybridized carbons (Fsp3) is 0.800. The van der Waals surface area contributed by atoms with Crippen molar-refractivity contribution in [3.05, 3.63) is 12.7 Å². The molecule has 1 unspecified atom stereocenters. The minimum atomic E-state index is 0.912. The van der Waals surface area contributed by atoms with Crippen molar-refractivity contribution in [3.8, 4) is 0 Å². The monoisotopic (exact) mass is 153 g/mol. The summed E-state index contributed by atoms with van der Waals surface area (Å²) in [7, 11) is 0. The Morgan fingerprint density at radius 1 is 1.45 bits per heavy atom. The van der Waals surface area contributed by atoms with Crippen LogP contribution in [0, 0.1) is 5.92 Å². The first-order valence-corrected chi connectivity index (χ1v) is 4.75. The van der Waals surface area contributed by atoms with Crippen molar-refractivity contribution in [2.45, 2.75) is 32.1 Å². The molecule has 1 aliphatic rings.